The van der Waals surface area contributed by atoms with Gasteiger partial charge in [-0.3, -0.25) is 9.20 Å². The molecule has 1 unspecified atom stereocenters. The molecule has 0 saturated carbocycles. The van der Waals surface area contributed by atoms with Crippen LogP contribution in [-0.4, -0.2) is 73.4 Å². The van der Waals surface area contributed by atoms with E-state index in [-0.39, 0.29) is 24.0 Å². The van der Waals surface area contributed by atoms with Gasteiger partial charge in [0.25, 0.3) is 0 Å². The van der Waals surface area contributed by atoms with E-state index in [1.807, 2.05) is 30.3 Å². The standard InChI is InChI=1S/C20H33N3O3S.HI/c1-3-21-20(22-12-17-27(24)19-8-5-4-6-9-19)23-13-10-18(11-14-23)26-16-7-15-25-2;/h4-6,8-9,18H,3,7,10-17H2,1-2H3,(H,21,22);1H. The van der Waals surface area contributed by atoms with Crippen LogP contribution in [0.1, 0.15) is 26.2 Å². The molecular formula is C20H34IN3O3S. The summed E-state index contributed by atoms with van der Waals surface area (Å²) >= 11 is 0. The highest BCUT2D eigenvalue weighted by atomic mass is 127. The molecule has 0 spiro atoms. The first-order valence-electron chi connectivity index (χ1n) is 9.81. The number of methoxy groups -OCH3 is 1. The lowest BCUT2D eigenvalue weighted by atomic mass is 10.1. The van der Waals surface area contributed by atoms with Crippen molar-refractivity contribution >= 4 is 40.7 Å². The molecule has 0 bridgehead atoms. The number of guanidine groups is 1. The zero-order valence-electron chi connectivity index (χ0n) is 17.0. The number of nitrogens with one attached hydrogen (secondary N) is 1. The van der Waals surface area contributed by atoms with Crippen molar-refractivity contribution in [2.45, 2.75) is 37.2 Å². The van der Waals surface area contributed by atoms with Crippen molar-refractivity contribution in [2.24, 2.45) is 4.99 Å². The van der Waals surface area contributed by atoms with Gasteiger partial charge < -0.3 is 19.7 Å². The summed E-state index contributed by atoms with van der Waals surface area (Å²) < 4.78 is 23.3. The van der Waals surface area contributed by atoms with Crippen LogP contribution in [0.2, 0.25) is 0 Å². The lowest BCUT2D eigenvalue weighted by molar-refractivity contribution is 0.00991. The fourth-order valence-electron chi connectivity index (χ4n) is 3.04. The van der Waals surface area contributed by atoms with Gasteiger partial charge in [-0.2, -0.15) is 0 Å². The Hall–Kier alpha value is -0.710. The van der Waals surface area contributed by atoms with Gasteiger partial charge in [-0.25, -0.2) is 0 Å². The Labute approximate surface area is 188 Å². The molecule has 1 aromatic rings. The maximum atomic E-state index is 12.3. The fourth-order valence-corrected chi connectivity index (χ4v) is 3.99. The molecule has 1 saturated heterocycles. The smallest absolute Gasteiger partial charge is 0.193 e. The van der Waals surface area contributed by atoms with Crippen molar-refractivity contribution in [2.75, 3.05) is 52.3 Å². The first-order chi connectivity index (χ1) is 13.2. The number of likely N-dealkylation sites (tertiary alicyclic amines) is 1. The Bertz CT molecular complexity index is 581. The van der Waals surface area contributed by atoms with E-state index in [0.29, 0.717) is 18.4 Å². The number of rotatable bonds is 10. The quantitative estimate of drug-likeness (QED) is 0.221. The number of halogens is 1. The predicted molar refractivity (Wildman–Crippen MR) is 126 cm³/mol. The minimum absolute atomic E-state index is 0. The number of piperidine rings is 1. The Morgan fingerprint density at radius 2 is 1.96 bits per heavy atom. The summed E-state index contributed by atoms with van der Waals surface area (Å²) in [4.78, 5) is 7.84. The predicted octanol–water partition coefficient (Wildman–Crippen LogP) is 2.90. The molecule has 6 nitrogen and oxygen atoms in total. The van der Waals surface area contributed by atoms with Crippen molar-refractivity contribution in [1.82, 2.24) is 10.2 Å². The number of nitrogens with zero attached hydrogens (tertiary/aromatic N) is 2. The number of aliphatic imine (C=N–C) groups is 1. The maximum Gasteiger partial charge on any atom is 0.193 e. The number of hydrogen-bond acceptors (Lipinski definition) is 4. The van der Waals surface area contributed by atoms with E-state index < -0.39 is 10.8 Å². The molecule has 28 heavy (non-hydrogen) atoms. The number of benzene rings is 1. The Kier molecular flexibility index (Phi) is 13.7. The van der Waals surface area contributed by atoms with E-state index in [0.717, 1.165) is 63.0 Å². The largest absolute Gasteiger partial charge is 0.385 e. The van der Waals surface area contributed by atoms with Gasteiger partial charge in [0, 0.05) is 50.6 Å². The topological polar surface area (TPSA) is 63.2 Å². The van der Waals surface area contributed by atoms with Gasteiger partial charge in [-0.1, -0.05) is 18.2 Å². The highest BCUT2D eigenvalue weighted by Gasteiger charge is 2.21. The summed E-state index contributed by atoms with van der Waals surface area (Å²) in [6.45, 7) is 6.83. The number of hydrogen-bond donors (Lipinski definition) is 1. The van der Waals surface area contributed by atoms with Crippen LogP contribution >= 0.6 is 24.0 Å². The summed E-state index contributed by atoms with van der Waals surface area (Å²) in [7, 11) is 0.714. The zero-order chi connectivity index (χ0) is 19.3. The second-order valence-electron chi connectivity index (χ2n) is 6.50. The van der Waals surface area contributed by atoms with E-state index >= 15 is 0 Å². The highest BCUT2D eigenvalue weighted by Crippen LogP contribution is 2.14. The average molecular weight is 523 g/mol. The van der Waals surface area contributed by atoms with E-state index in [4.69, 9.17) is 14.5 Å². The summed E-state index contributed by atoms with van der Waals surface area (Å²) in [5.74, 6) is 1.46. The molecule has 160 valence electrons. The summed E-state index contributed by atoms with van der Waals surface area (Å²) in [6, 6.07) is 9.59. The lowest BCUT2D eigenvalue weighted by Crippen LogP contribution is -2.47. The molecule has 1 aliphatic heterocycles. The second kappa shape index (κ2) is 15.2. The molecule has 0 radical (unpaired) electrons. The van der Waals surface area contributed by atoms with Crippen LogP contribution in [0.15, 0.2) is 40.2 Å². The molecule has 1 heterocycles. The molecule has 0 aromatic heterocycles. The zero-order valence-corrected chi connectivity index (χ0v) is 20.1. The summed E-state index contributed by atoms with van der Waals surface area (Å²) in [5, 5.41) is 3.36. The van der Waals surface area contributed by atoms with Crippen LogP contribution in [0.25, 0.3) is 0 Å². The summed E-state index contributed by atoms with van der Waals surface area (Å²) in [6.07, 6.45) is 3.28. The maximum absolute atomic E-state index is 12.3. The van der Waals surface area contributed by atoms with Crippen molar-refractivity contribution in [3.05, 3.63) is 30.3 Å². The minimum atomic E-state index is -1.00. The molecule has 1 atom stereocenters. The molecule has 1 N–H and O–H groups in total. The van der Waals surface area contributed by atoms with Crippen LogP contribution in [0.3, 0.4) is 0 Å². The van der Waals surface area contributed by atoms with Gasteiger partial charge in [-0.15, -0.1) is 24.0 Å². The third-order valence-corrected chi connectivity index (χ3v) is 5.82. The SMILES string of the molecule is CCNC(=NCCS(=O)c1ccccc1)N1CCC(OCCCOC)CC1.I. The number of ether oxygens (including phenoxy) is 2. The van der Waals surface area contributed by atoms with Gasteiger partial charge in [-0.05, 0) is 38.3 Å². The molecule has 1 fully saturated rings. The van der Waals surface area contributed by atoms with Gasteiger partial charge >= 0.3 is 0 Å². The Balaban J connectivity index is 0.00000392. The van der Waals surface area contributed by atoms with E-state index in [9.17, 15) is 4.21 Å². The van der Waals surface area contributed by atoms with Crippen molar-refractivity contribution < 1.29 is 13.7 Å². The third kappa shape index (κ3) is 9.19. The van der Waals surface area contributed by atoms with Crippen LogP contribution in [0.5, 0.6) is 0 Å². The minimum Gasteiger partial charge on any atom is -0.385 e. The molecule has 0 amide bonds. The van der Waals surface area contributed by atoms with Crippen molar-refractivity contribution in [1.29, 1.82) is 0 Å². The van der Waals surface area contributed by atoms with Gasteiger partial charge in [0.2, 0.25) is 0 Å². The van der Waals surface area contributed by atoms with Gasteiger partial charge in [0.1, 0.15) is 0 Å². The highest BCUT2D eigenvalue weighted by molar-refractivity contribution is 14.0. The van der Waals surface area contributed by atoms with E-state index in [1.165, 1.54) is 0 Å². The molecule has 1 aliphatic rings. The van der Waals surface area contributed by atoms with Crippen LogP contribution in [0.4, 0.5) is 0 Å². The van der Waals surface area contributed by atoms with E-state index in [1.54, 1.807) is 7.11 Å². The fraction of sp³-hybridized carbons (Fsp3) is 0.650. The van der Waals surface area contributed by atoms with Gasteiger partial charge in [0.15, 0.2) is 5.96 Å². The second-order valence-corrected chi connectivity index (χ2v) is 8.07. The first-order valence-corrected chi connectivity index (χ1v) is 11.1. The van der Waals surface area contributed by atoms with Crippen molar-refractivity contribution in [3.63, 3.8) is 0 Å². The van der Waals surface area contributed by atoms with Crippen molar-refractivity contribution in [3.8, 4) is 0 Å². The Morgan fingerprint density at radius 3 is 2.61 bits per heavy atom. The molecule has 0 aliphatic carbocycles. The molecule has 8 heteroatoms. The van der Waals surface area contributed by atoms with Crippen LogP contribution in [-0.2, 0) is 20.3 Å². The lowest BCUT2D eigenvalue weighted by Gasteiger charge is -2.34. The monoisotopic (exact) mass is 523 g/mol. The Morgan fingerprint density at radius 1 is 1.25 bits per heavy atom. The molecule has 2 rings (SSSR count). The normalized spacial score (nSPS) is 16.5. The van der Waals surface area contributed by atoms with Crippen LogP contribution < -0.4 is 5.32 Å². The van der Waals surface area contributed by atoms with Crippen LogP contribution in [0, 0.1) is 0 Å². The van der Waals surface area contributed by atoms with Gasteiger partial charge in [0.05, 0.1) is 23.4 Å². The first kappa shape index (κ1) is 25.3. The average Bonchev–Trinajstić information content (AvgIpc) is 2.71. The molecule has 1 aromatic carbocycles. The third-order valence-electron chi connectivity index (χ3n) is 4.47. The molecular weight excluding hydrogens is 489 g/mol. The summed E-state index contributed by atoms with van der Waals surface area (Å²) in [5.41, 5.74) is 0. The van der Waals surface area contributed by atoms with E-state index in [2.05, 4.69) is 17.1 Å².